The lowest BCUT2D eigenvalue weighted by molar-refractivity contribution is 0.238. The van der Waals surface area contributed by atoms with Crippen LogP contribution in [-0.2, 0) is 13.6 Å². The molecule has 0 bridgehead atoms. The van der Waals surface area contributed by atoms with E-state index in [0.717, 1.165) is 21.8 Å². The van der Waals surface area contributed by atoms with Gasteiger partial charge in [0.05, 0.1) is 6.20 Å². The van der Waals surface area contributed by atoms with Gasteiger partial charge in [0.15, 0.2) is 0 Å². The number of rotatable bonds is 5. The minimum atomic E-state index is -0.263. The van der Waals surface area contributed by atoms with E-state index < -0.39 is 0 Å². The van der Waals surface area contributed by atoms with Crippen LogP contribution in [0.3, 0.4) is 0 Å². The number of benzene rings is 1. The number of carbonyl (C=O) groups is 1. The highest BCUT2D eigenvalue weighted by Gasteiger charge is 2.19. The number of carbonyl (C=O) groups excluding carboxylic acids is 1. The van der Waals surface area contributed by atoms with Crippen molar-refractivity contribution >= 4 is 17.4 Å². The van der Waals surface area contributed by atoms with E-state index >= 15 is 0 Å². The fourth-order valence-electron chi connectivity index (χ4n) is 2.39. The van der Waals surface area contributed by atoms with E-state index in [1.54, 1.807) is 17.1 Å². The Morgan fingerprint density at radius 2 is 2.12 bits per heavy atom. The maximum Gasteiger partial charge on any atom is 0.315 e. The number of hydrogen-bond donors (Lipinski definition) is 2. The van der Waals surface area contributed by atoms with Crippen molar-refractivity contribution in [1.82, 2.24) is 25.4 Å². The molecule has 3 rings (SSSR count). The highest BCUT2D eigenvalue weighted by atomic mass is 32.1. The molecule has 124 valence electrons. The lowest BCUT2D eigenvalue weighted by Gasteiger charge is -2.17. The Hall–Kier alpha value is -2.67. The monoisotopic (exact) mass is 341 g/mol. The van der Waals surface area contributed by atoms with E-state index in [1.807, 2.05) is 49.7 Å². The van der Waals surface area contributed by atoms with Crippen LogP contribution >= 0.6 is 11.3 Å². The second-order valence-electron chi connectivity index (χ2n) is 5.42. The first-order chi connectivity index (χ1) is 11.6. The molecule has 0 aliphatic rings. The van der Waals surface area contributed by atoms with E-state index in [9.17, 15) is 4.79 Å². The average Bonchev–Trinajstić information content (AvgIpc) is 3.23. The molecule has 7 heteroatoms. The van der Waals surface area contributed by atoms with Crippen molar-refractivity contribution < 1.29 is 4.79 Å². The van der Waals surface area contributed by atoms with Crippen LogP contribution in [0.2, 0.25) is 0 Å². The summed E-state index contributed by atoms with van der Waals surface area (Å²) in [7, 11) is 1.88. The standard InChI is InChI=1S/C17H19N5OS/c1-12-14(11-20-22(12)2)10-19-17(23)21-15(16-18-8-9-24-16)13-6-4-3-5-7-13/h3-9,11,15H,10H2,1-2H3,(H2,19,21,23). The Balaban J connectivity index is 1.69. The van der Waals surface area contributed by atoms with Crippen LogP contribution in [-0.4, -0.2) is 20.8 Å². The Kier molecular flexibility index (Phi) is 4.90. The molecule has 1 atom stereocenters. The van der Waals surface area contributed by atoms with Gasteiger partial charge in [-0.2, -0.15) is 5.10 Å². The van der Waals surface area contributed by atoms with Gasteiger partial charge < -0.3 is 10.6 Å². The minimum absolute atomic E-state index is 0.234. The third-order valence-corrected chi connectivity index (χ3v) is 4.72. The van der Waals surface area contributed by atoms with Crippen LogP contribution in [0.15, 0.2) is 48.1 Å². The molecule has 0 aliphatic carbocycles. The molecule has 0 saturated heterocycles. The molecule has 0 fully saturated rings. The van der Waals surface area contributed by atoms with Gasteiger partial charge in [-0.3, -0.25) is 4.68 Å². The van der Waals surface area contributed by atoms with E-state index in [-0.39, 0.29) is 12.1 Å². The van der Waals surface area contributed by atoms with Gasteiger partial charge in [0.2, 0.25) is 0 Å². The molecule has 2 aromatic heterocycles. The predicted molar refractivity (Wildman–Crippen MR) is 93.7 cm³/mol. The van der Waals surface area contributed by atoms with Gasteiger partial charge in [-0.05, 0) is 12.5 Å². The van der Waals surface area contributed by atoms with Gasteiger partial charge in [-0.25, -0.2) is 9.78 Å². The molecule has 2 heterocycles. The summed E-state index contributed by atoms with van der Waals surface area (Å²) in [5.41, 5.74) is 3.04. The Morgan fingerprint density at radius 3 is 2.75 bits per heavy atom. The van der Waals surface area contributed by atoms with Crippen molar-refractivity contribution in [3.63, 3.8) is 0 Å². The molecule has 24 heavy (non-hydrogen) atoms. The third-order valence-electron chi connectivity index (χ3n) is 3.88. The fraction of sp³-hybridized carbons (Fsp3) is 0.235. The lowest BCUT2D eigenvalue weighted by atomic mass is 10.1. The van der Waals surface area contributed by atoms with E-state index in [1.165, 1.54) is 11.3 Å². The largest absolute Gasteiger partial charge is 0.334 e. The second kappa shape index (κ2) is 7.27. The maximum atomic E-state index is 12.3. The molecule has 2 N–H and O–H groups in total. The van der Waals surface area contributed by atoms with Crippen LogP contribution in [0.25, 0.3) is 0 Å². The van der Waals surface area contributed by atoms with Crippen LogP contribution in [0.1, 0.15) is 27.9 Å². The summed E-state index contributed by atoms with van der Waals surface area (Å²) in [6.45, 7) is 2.41. The summed E-state index contributed by atoms with van der Waals surface area (Å²) >= 11 is 1.52. The summed E-state index contributed by atoms with van der Waals surface area (Å²) in [6.07, 6.45) is 3.51. The zero-order valence-electron chi connectivity index (χ0n) is 13.6. The molecular weight excluding hydrogens is 322 g/mol. The van der Waals surface area contributed by atoms with Crippen LogP contribution < -0.4 is 10.6 Å². The number of thiazole rings is 1. The fourth-order valence-corrected chi connectivity index (χ4v) is 3.10. The van der Waals surface area contributed by atoms with Crippen LogP contribution in [0.5, 0.6) is 0 Å². The number of aromatic nitrogens is 3. The Morgan fingerprint density at radius 1 is 1.33 bits per heavy atom. The summed E-state index contributed by atoms with van der Waals surface area (Å²) in [6, 6.07) is 9.33. The molecule has 2 amide bonds. The van der Waals surface area contributed by atoms with Gasteiger partial charge in [-0.1, -0.05) is 30.3 Å². The summed E-state index contributed by atoms with van der Waals surface area (Å²) in [5, 5.41) is 12.8. The number of nitrogens with zero attached hydrogens (tertiary/aromatic N) is 3. The summed E-state index contributed by atoms with van der Waals surface area (Å²) < 4.78 is 1.79. The highest BCUT2D eigenvalue weighted by Crippen LogP contribution is 2.23. The van der Waals surface area contributed by atoms with Gasteiger partial charge in [-0.15, -0.1) is 11.3 Å². The number of amides is 2. The van der Waals surface area contributed by atoms with Crippen molar-refractivity contribution in [3.05, 3.63) is 69.9 Å². The number of hydrogen-bond acceptors (Lipinski definition) is 4. The lowest BCUT2D eigenvalue weighted by Crippen LogP contribution is -2.38. The summed E-state index contributed by atoms with van der Waals surface area (Å²) in [4.78, 5) is 16.7. The SMILES string of the molecule is Cc1c(CNC(=O)NC(c2ccccc2)c2nccs2)cnn1C. The van der Waals surface area contributed by atoms with E-state index in [2.05, 4.69) is 20.7 Å². The molecule has 0 spiro atoms. The maximum absolute atomic E-state index is 12.3. The topological polar surface area (TPSA) is 71.8 Å². The number of urea groups is 1. The van der Waals surface area contributed by atoms with Gasteiger partial charge in [0.1, 0.15) is 11.0 Å². The Bertz CT molecular complexity index is 798. The molecule has 6 nitrogen and oxygen atoms in total. The molecule has 3 aromatic rings. The van der Waals surface area contributed by atoms with Gasteiger partial charge in [0, 0.05) is 36.4 Å². The predicted octanol–water partition coefficient (Wildman–Crippen LogP) is 2.77. The van der Waals surface area contributed by atoms with Gasteiger partial charge in [0.25, 0.3) is 0 Å². The third kappa shape index (κ3) is 3.62. The number of nitrogens with one attached hydrogen (secondary N) is 2. The molecule has 0 aliphatic heterocycles. The highest BCUT2D eigenvalue weighted by molar-refractivity contribution is 7.09. The molecular formula is C17H19N5OS. The first kappa shape index (κ1) is 16.2. The molecule has 0 radical (unpaired) electrons. The first-order valence-corrected chi connectivity index (χ1v) is 8.49. The molecule has 1 unspecified atom stereocenters. The average molecular weight is 341 g/mol. The van der Waals surface area contributed by atoms with Gasteiger partial charge >= 0.3 is 6.03 Å². The quantitative estimate of drug-likeness (QED) is 0.749. The van der Waals surface area contributed by atoms with E-state index in [4.69, 9.17) is 0 Å². The van der Waals surface area contributed by atoms with Crippen LogP contribution in [0, 0.1) is 6.92 Å². The number of aryl methyl sites for hydroxylation is 1. The van der Waals surface area contributed by atoms with Crippen molar-refractivity contribution in [2.45, 2.75) is 19.5 Å². The molecule has 1 aromatic carbocycles. The van der Waals surface area contributed by atoms with E-state index in [0.29, 0.717) is 6.54 Å². The smallest absolute Gasteiger partial charge is 0.315 e. The van der Waals surface area contributed by atoms with Crippen molar-refractivity contribution in [2.24, 2.45) is 7.05 Å². The molecule has 0 saturated carbocycles. The zero-order chi connectivity index (χ0) is 16.9. The van der Waals surface area contributed by atoms with Crippen molar-refractivity contribution in [1.29, 1.82) is 0 Å². The normalized spacial score (nSPS) is 11.9. The van der Waals surface area contributed by atoms with Crippen LogP contribution in [0.4, 0.5) is 4.79 Å². The second-order valence-corrected chi connectivity index (χ2v) is 6.35. The zero-order valence-corrected chi connectivity index (χ0v) is 14.4. The van der Waals surface area contributed by atoms with Crippen molar-refractivity contribution in [2.75, 3.05) is 0 Å². The Labute approximate surface area is 144 Å². The summed E-state index contributed by atoms with van der Waals surface area (Å²) in [5.74, 6) is 0. The minimum Gasteiger partial charge on any atom is -0.334 e. The first-order valence-electron chi connectivity index (χ1n) is 7.61. The van der Waals surface area contributed by atoms with Crippen molar-refractivity contribution in [3.8, 4) is 0 Å².